The average Bonchev–Trinajstić information content (AvgIpc) is 2.98. The lowest BCUT2D eigenvalue weighted by atomic mass is 9.58. The average molecular weight is 463 g/mol. The van der Waals surface area contributed by atoms with E-state index in [2.05, 4.69) is 43.4 Å². The molecule has 0 bridgehead atoms. The summed E-state index contributed by atoms with van der Waals surface area (Å²) < 4.78 is 7.84. The topological polar surface area (TPSA) is 63.5 Å². The zero-order valence-corrected chi connectivity index (χ0v) is 18.5. The van der Waals surface area contributed by atoms with E-state index in [4.69, 9.17) is 9.73 Å². The molecule has 2 unspecified atom stereocenters. The van der Waals surface area contributed by atoms with Crippen molar-refractivity contribution in [2.45, 2.75) is 65.6 Å². The van der Waals surface area contributed by atoms with Gasteiger partial charge in [-0.2, -0.15) is 5.10 Å². The van der Waals surface area contributed by atoms with E-state index in [0.717, 1.165) is 44.1 Å². The maximum absolute atomic E-state index is 5.97. The number of guanidine groups is 1. The highest BCUT2D eigenvalue weighted by Gasteiger charge is 2.53. The van der Waals surface area contributed by atoms with Crippen LogP contribution in [0.15, 0.2) is 17.3 Å². The van der Waals surface area contributed by atoms with E-state index in [1.54, 1.807) is 0 Å². The van der Waals surface area contributed by atoms with Crippen molar-refractivity contribution >= 4 is 29.9 Å². The van der Waals surface area contributed by atoms with Crippen molar-refractivity contribution in [3.63, 3.8) is 0 Å². The molecule has 1 aliphatic carbocycles. The summed E-state index contributed by atoms with van der Waals surface area (Å²) in [7, 11) is 1.95. The number of aromatic nitrogens is 2. The number of rotatable bonds is 8. The van der Waals surface area contributed by atoms with Gasteiger partial charge in [0.25, 0.3) is 0 Å². The number of hydrogen-bond donors (Lipinski definition) is 2. The molecule has 0 aromatic carbocycles. The van der Waals surface area contributed by atoms with Gasteiger partial charge in [-0.15, -0.1) is 24.0 Å². The van der Waals surface area contributed by atoms with Crippen molar-refractivity contribution in [3.05, 3.63) is 18.0 Å². The molecule has 1 saturated carbocycles. The highest BCUT2D eigenvalue weighted by atomic mass is 127. The molecule has 0 spiro atoms. The van der Waals surface area contributed by atoms with Crippen LogP contribution in [0.3, 0.4) is 0 Å². The number of aliphatic imine (C=N–C) groups is 1. The second-order valence-corrected chi connectivity index (χ2v) is 6.46. The Morgan fingerprint density at radius 2 is 2.08 bits per heavy atom. The lowest BCUT2D eigenvalue weighted by Crippen LogP contribution is -2.65. The molecule has 0 saturated heterocycles. The molecule has 144 valence electrons. The minimum Gasteiger partial charge on any atom is -0.378 e. The Morgan fingerprint density at radius 3 is 2.60 bits per heavy atom. The van der Waals surface area contributed by atoms with Crippen LogP contribution in [0.4, 0.5) is 0 Å². The van der Waals surface area contributed by atoms with Crippen molar-refractivity contribution < 1.29 is 4.74 Å². The maximum atomic E-state index is 5.97. The van der Waals surface area contributed by atoms with Crippen molar-refractivity contribution in [2.24, 2.45) is 17.5 Å². The van der Waals surface area contributed by atoms with Gasteiger partial charge in [0.15, 0.2) is 5.96 Å². The van der Waals surface area contributed by atoms with Crippen LogP contribution >= 0.6 is 24.0 Å². The van der Waals surface area contributed by atoms with Crippen LogP contribution in [0.1, 0.15) is 52.7 Å². The van der Waals surface area contributed by atoms with Gasteiger partial charge in [0.05, 0.1) is 18.3 Å². The monoisotopic (exact) mass is 463 g/mol. The number of hydrogen-bond acceptors (Lipinski definition) is 3. The molecule has 0 radical (unpaired) electrons. The van der Waals surface area contributed by atoms with E-state index in [9.17, 15) is 0 Å². The van der Waals surface area contributed by atoms with Crippen molar-refractivity contribution in [1.82, 2.24) is 20.4 Å². The van der Waals surface area contributed by atoms with Gasteiger partial charge in [-0.05, 0) is 39.2 Å². The Labute approximate surface area is 169 Å². The zero-order valence-electron chi connectivity index (χ0n) is 16.2. The fourth-order valence-corrected chi connectivity index (χ4v) is 3.78. The Bertz CT molecular complexity index is 541. The molecule has 2 N–H and O–H groups in total. The van der Waals surface area contributed by atoms with E-state index in [1.807, 2.05) is 24.0 Å². The first kappa shape index (κ1) is 22.2. The number of ether oxygens (including phenoxy) is 1. The molecular formula is C18H34IN5O. The van der Waals surface area contributed by atoms with Crippen LogP contribution in [0.2, 0.25) is 0 Å². The molecule has 1 aromatic heterocycles. The highest BCUT2D eigenvalue weighted by Crippen LogP contribution is 2.48. The van der Waals surface area contributed by atoms with E-state index < -0.39 is 0 Å². The molecule has 2 rings (SSSR count). The number of aryl methyl sites for hydroxylation is 1. The largest absolute Gasteiger partial charge is 0.378 e. The lowest BCUT2D eigenvalue weighted by Gasteiger charge is -2.55. The summed E-state index contributed by atoms with van der Waals surface area (Å²) in [6, 6.07) is 2.41. The van der Waals surface area contributed by atoms with Gasteiger partial charge in [0.2, 0.25) is 0 Å². The fourth-order valence-electron chi connectivity index (χ4n) is 3.78. The van der Waals surface area contributed by atoms with Crippen molar-refractivity contribution in [2.75, 3.05) is 13.2 Å². The number of nitrogens with one attached hydrogen (secondary N) is 2. The van der Waals surface area contributed by atoms with E-state index in [-0.39, 0.29) is 29.4 Å². The molecule has 1 fully saturated rings. The first-order valence-electron chi connectivity index (χ1n) is 9.24. The normalized spacial score (nSPS) is 22.0. The molecule has 25 heavy (non-hydrogen) atoms. The molecule has 1 aliphatic rings. The highest BCUT2D eigenvalue weighted by molar-refractivity contribution is 14.0. The summed E-state index contributed by atoms with van der Waals surface area (Å²) in [4.78, 5) is 4.74. The van der Waals surface area contributed by atoms with Gasteiger partial charge < -0.3 is 15.4 Å². The van der Waals surface area contributed by atoms with Crippen LogP contribution in [0, 0.1) is 5.41 Å². The van der Waals surface area contributed by atoms with Crippen molar-refractivity contribution in [1.29, 1.82) is 0 Å². The number of halogens is 1. The molecule has 0 amide bonds. The van der Waals surface area contributed by atoms with Gasteiger partial charge in [0, 0.05) is 37.9 Å². The second-order valence-electron chi connectivity index (χ2n) is 6.46. The predicted octanol–water partition coefficient (Wildman–Crippen LogP) is 3.08. The molecule has 2 atom stereocenters. The molecule has 7 heteroatoms. The van der Waals surface area contributed by atoms with Crippen LogP contribution in [-0.2, 0) is 18.3 Å². The molecule has 1 aromatic rings. The lowest BCUT2D eigenvalue weighted by molar-refractivity contribution is -0.133. The van der Waals surface area contributed by atoms with E-state index in [1.165, 1.54) is 0 Å². The second kappa shape index (κ2) is 10.4. The SMILES string of the molecule is CCNC(=NCc1ccnn1C)NC1CC(OCC)C1(CC)CC.I. The van der Waals surface area contributed by atoms with Gasteiger partial charge >= 0.3 is 0 Å². The maximum Gasteiger partial charge on any atom is 0.191 e. The first-order valence-corrected chi connectivity index (χ1v) is 9.24. The molecule has 1 heterocycles. The van der Waals surface area contributed by atoms with Gasteiger partial charge in [-0.1, -0.05) is 13.8 Å². The van der Waals surface area contributed by atoms with E-state index >= 15 is 0 Å². The number of nitrogens with zero attached hydrogens (tertiary/aromatic N) is 3. The zero-order chi connectivity index (χ0) is 17.6. The third-order valence-electron chi connectivity index (χ3n) is 5.45. The summed E-state index contributed by atoms with van der Waals surface area (Å²) >= 11 is 0. The summed E-state index contributed by atoms with van der Waals surface area (Å²) in [5.41, 5.74) is 1.31. The van der Waals surface area contributed by atoms with Gasteiger partial charge in [-0.3, -0.25) is 4.68 Å². The van der Waals surface area contributed by atoms with Crippen LogP contribution < -0.4 is 10.6 Å². The van der Waals surface area contributed by atoms with Crippen LogP contribution in [0.5, 0.6) is 0 Å². The van der Waals surface area contributed by atoms with Crippen LogP contribution in [-0.4, -0.2) is 41.0 Å². The molecule has 6 nitrogen and oxygen atoms in total. The Balaban J connectivity index is 0.00000312. The Kier molecular flexibility index (Phi) is 9.20. The van der Waals surface area contributed by atoms with E-state index in [0.29, 0.717) is 18.7 Å². The first-order chi connectivity index (χ1) is 11.6. The third-order valence-corrected chi connectivity index (χ3v) is 5.45. The quantitative estimate of drug-likeness (QED) is 0.354. The minimum absolute atomic E-state index is 0. The smallest absolute Gasteiger partial charge is 0.191 e. The molecular weight excluding hydrogens is 429 g/mol. The Hall–Kier alpha value is -0.830. The summed E-state index contributed by atoms with van der Waals surface area (Å²) in [6.07, 6.45) is 5.45. The fraction of sp³-hybridized carbons (Fsp3) is 0.778. The van der Waals surface area contributed by atoms with Gasteiger partial charge in [-0.25, -0.2) is 4.99 Å². The summed E-state index contributed by atoms with van der Waals surface area (Å²) in [6.45, 7) is 11.0. The Morgan fingerprint density at radius 1 is 1.36 bits per heavy atom. The van der Waals surface area contributed by atoms with Gasteiger partial charge in [0.1, 0.15) is 0 Å². The third kappa shape index (κ3) is 4.87. The minimum atomic E-state index is 0. The summed E-state index contributed by atoms with van der Waals surface area (Å²) in [5, 5.41) is 11.2. The van der Waals surface area contributed by atoms with Crippen molar-refractivity contribution in [3.8, 4) is 0 Å². The van der Waals surface area contributed by atoms with Crippen LogP contribution in [0.25, 0.3) is 0 Å². The standard InChI is InChI=1S/C18H33N5O.HI/c1-6-18(7-2)15(12-16(18)24-9-4)22-17(19-8-3)20-13-14-10-11-21-23(14)5;/h10-11,15-16H,6-9,12-13H2,1-5H3,(H2,19,20,22);1H. The summed E-state index contributed by atoms with van der Waals surface area (Å²) in [5.74, 6) is 0.880. The molecule has 0 aliphatic heterocycles. The predicted molar refractivity (Wildman–Crippen MR) is 113 cm³/mol.